The molecule has 0 N–H and O–H groups in total. The minimum Gasteiger partial charge on any atom is -0.492 e. The highest BCUT2D eigenvalue weighted by atomic mass is 79.9. The Balaban J connectivity index is 1.87. The Morgan fingerprint density at radius 3 is 2.81 bits per heavy atom. The summed E-state index contributed by atoms with van der Waals surface area (Å²) in [6, 6.07) is 12.4. The van der Waals surface area contributed by atoms with Gasteiger partial charge >= 0.3 is 0 Å². The number of halogens is 2. The van der Waals surface area contributed by atoms with Crippen LogP contribution in [0.5, 0.6) is 5.75 Å². The van der Waals surface area contributed by atoms with E-state index in [0.29, 0.717) is 34.2 Å². The molecule has 0 saturated carbocycles. The van der Waals surface area contributed by atoms with Gasteiger partial charge in [-0.3, -0.25) is 4.79 Å². The van der Waals surface area contributed by atoms with E-state index in [0.717, 1.165) is 0 Å². The Labute approximate surface area is 136 Å². The molecule has 0 aliphatic heterocycles. The number of nitrogens with zero attached hydrogens (tertiary/aromatic N) is 2. The second-order valence-corrected chi connectivity index (χ2v) is 5.63. The van der Waals surface area contributed by atoms with Gasteiger partial charge in [0.15, 0.2) is 0 Å². The lowest BCUT2D eigenvalue weighted by Crippen LogP contribution is -2.31. The monoisotopic (exact) mass is 368 g/mol. The van der Waals surface area contributed by atoms with Gasteiger partial charge in [-0.05, 0) is 46.3 Å². The van der Waals surface area contributed by atoms with Crippen molar-refractivity contribution in [2.75, 3.05) is 20.2 Å². The van der Waals surface area contributed by atoms with Gasteiger partial charge in [0.25, 0.3) is 5.91 Å². The normalized spacial score (nSPS) is 10.2. The fraction of sp³-hybridized carbons (Fsp3) is 0.200. The van der Waals surface area contributed by atoms with Crippen LogP contribution in [-0.2, 0) is 0 Å². The van der Waals surface area contributed by atoms with Crippen molar-refractivity contribution >= 4 is 33.4 Å². The van der Waals surface area contributed by atoms with E-state index < -0.39 is 0 Å². The molecule has 0 atom stereocenters. The smallest absolute Gasteiger partial charge is 0.272 e. The number of hydrogen-bond donors (Lipinski definition) is 0. The third-order valence-electron chi connectivity index (χ3n) is 2.77. The molecule has 0 radical (unpaired) electrons. The fourth-order valence-electron chi connectivity index (χ4n) is 1.68. The molecule has 0 spiro atoms. The van der Waals surface area contributed by atoms with Crippen LogP contribution in [0, 0.1) is 0 Å². The van der Waals surface area contributed by atoms with E-state index in [9.17, 15) is 4.79 Å². The van der Waals surface area contributed by atoms with Crippen LogP contribution in [-0.4, -0.2) is 36.0 Å². The van der Waals surface area contributed by atoms with Crippen LogP contribution >= 0.6 is 27.5 Å². The molecule has 0 aliphatic rings. The molecule has 1 aromatic carbocycles. The molecule has 110 valence electrons. The van der Waals surface area contributed by atoms with Crippen molar-refractivity contribution in [2.24, 2.45) is 0 Å². The average molecular weight is 370 g/mol. The summed E-state index contributed by atoms with van der Waals surface area (Å²) in [6.07, 6.45) is 0. The molecule has 2 rings (SSSR count). The summed E-state index contributed by atoms with van der Waals surface area (Å²) in [4.78, 5) is 17.9. The molecule has 0 fully saturated rings. The van der Waals surface area contributed by atoms with E-state index in [-0.39, 0.29) is 5.91 Å². The van der Waals surface area contributed by atoms with Gasteiger partial charge in [-0.1, -0.05) is 23.7 Å². The van der Waals surface area contributed by atoms with E-state index in [1.54, 1.807) is 42.3 Å². The van der Waals surface area contributed by atoms with Crippen molar-refractivity contribution in [3.05, 3.63) is 57.8 Å². The van der Waals surface area contributed by atoms with Gasteiger partial charge < -0.3 is 9.64 Å². The van der Waals surface area contributed by atoms with E-state index in [1.807, 2.05) is 12.1 Å². The summed E-state index contributed by atoms with van der Waals surface area (Å²) in [7, 11) is 1.71. The van der Waals surface area contributed by atoms with Gasteiger partial charge in [0, 0.05) is 12.1 Å². The lowest BCUT2D eigenvalue weighted by atomic mass is 10.3. The summed E-state index contributed by atoms with van der Waals surface area (Å²) in [5, 5.41) is 0.621. The molecule has 0 saturated heterocycles. The largest absolute Gasteiger partial charge is 0.492 e. The maximum atomic E-state index is 12.2. The second-order valence-electron chi connectivity index (χ2n) is 4.38. The van der Waals surface area contributed by atoms with Gasteiger partial charge in [0.05, 0.1) is 6.54 Å². The fourth-order valence-corrected chi connectivity index (χ4v) is 2.21. The quantitative estimate of drug-likeness (QED) is 0.756. The first kappa shape index (κ1) is 15.8. The molecular weight excluding hydrogens is 356 g/mol. The number of likely N-dealkylation sites (N-methyl/N-ethyl adjacent to an activating group) is 1. The van der Waals surface area contributed by atoms with Gasteiger partial charge in [-0.15, -0.1) is 0 Å². The highest BCUT2D eigenvalue weighted by Crippen LogP contribution is 2.17. The third kappa shape index (κ3) is 4.72. The summed E-state index contributed by atoms with van der Waals surface area (Å²) in [5.74, 6) is 0.537. The van der Waals surface area contributed by atoms with Gasteiger partial charge in [-0.2, -0.15) is 0 Å². The zero-order valence-electron chi connectivity index (χ0n) is 11.4. The van der Waals surface area contributed by atoms with E-state index in [4.69, 9.17) is 16.3 Å². The van der Waals surface area contributed by atoms with Crippen LogP contribution in [0.25, 0.3) is 0 Å². The molecule has 2 aromatic rings. The zero-order valence-corrected chi connectivity index (χ0v) is 13.8. The van der Waals surface area contributed by atoms with E-state index in [1.165, 1.54) is 0 Å². The number of carbonyl (C=O) groups is 1. The second kappa shape index (κ2) is 7.43. The molecule has 21 heavy (non-hydrogen) atoms. The number of aromatic nitrogens is 1. The van der Waals surface area contributed by atoms with Crippen LogP contribution in [0.3, 0.4) is 0 Å². The van der Waals surface area contributed by atoms with Crippen molar-refractivity contribution in [3.8, 4) is 5.75 Å². The van der Waals surface area contributed by atoms with Crippen LogP contribution in [0.1, 0.15) is 10.5 Å². The number of carbonyl (C=O) groups excluding carboxylic acids is 1. The van der Waals surface area contributed by atoms with Crippen LogP contribution in [0.4, 0.5) is 0 Å². The minimum atomic E-state index is -0.147. The maximum absolute atomic E-state index is 12.2. The summed E-state index contributed by atoms with van der Waals surface area (Å²) in [6.45, 7) is 0.843. The number of benzene rings is 1. The molecule has 4 nitrogen and oxygen atoms in total. The van der Waals surface area contributed by atoms with Gasteiger partial charge in [-0.25, -0.2) is 4.98 Å². The molecule has 0 unspecified atom stereocenters. The minimum absolute atomic E-state index is 0.147. The van der Waals surface area contributed by atoms with E-state index in [2.05, 4.69) is 20.9 Å². The lowest BCUT2D eigenvalue weighted by Gasteiger charge is -2.17. The Hall–Kier alpha value is -1.59. The lowest BCUT2D eigenvalue weighted by molar-refractivity contribution is 0.0768. The molecule has 1 aromatic heterocycles. The number of pyridine rings is 1. The van der Waals surface area contributed by atoms with Crippen LogP contribution in [0.15, 0.2) is 47.1 Å². The molecule has 0 aliphatic carbocycles. The zero-order chi connectivity index (χ0) is 15.2. The Morgan fingerprint density at radius 2 is 2.10 bits per heavy atom. The standard InChI is InChI=1S/C15H14BrClN2O2/c1-19(15(20)13-6-3-7-14(16)18-13)8-9-21-12-5-2-4-11(17)10-12/h2-7,10H,8-9H2,1H3. The molecule has 1 heterocycles. The van der Waals surface area contributed by atoms with Crippen molar-refractivity contribution in [3.63, 3.8) is 0 Å². The Bertz CT molecular complexity index is 637. The van der Waals surface area contributed by atoms with Gasteiger partial charge in [0.2, 0.25) is 0 Å². The predicted octanol–water partition coefficient (Wildman–Crippen LogP) is 3.65. The average Bonchev–Trinajstić information content (AvgIpc) is 2.46. The van der Waals surface area contributed by atoms with Crippen molar-refractivity contribution in [1.82, 2.24) is 9.88 Å². The van der Waals surface area contributed by atoms with Crippen molar-refractivity contribution in [2.45, 2.75) is 0 Å². The summed E-state index contributed by atoms with van der Waals surface area (Å²) >= 11 is 9.12. The number of hydrogen-bond acceptors (Lipinski definition) is 3. The number of amides is 1. The van der Waals surface area contributed by atoms with Gasteiger partial charge in [0.1, 0.15) is 22.7 Å². The SMILES string of the molecule is CN(CCOc1cccc(Cl)c1)C(=O)c1cccc(Br)n1. The molecule has 6 heteroatoms. The first-order valence-electron chi connectivity index (χ1n) is 6.32. The van der Waals surface area contributed by atoms with Crippen LogP contribution in [0.2, 0.25) is 5.02 Å². The topological polar surface area (TPSA) is 42.4 Å². The van der Waals surface area contributed by atoms with Crippen molar-refractivity contribution < 1.29 is 9.53 Å². The predicted molar refractivity (Wildman–Crippen MR) is 85.8 cm³/mol. The number of ether oxygens (including phenoxy) is 1. The molecule has 0 bridgehead atoms. The van der Waals surface area contributed by atoms with E-state index >= 15 is 0 Å². The number of rotatable bonds is 5. The Kier molecular flexibility index (Phi) is 5.59. The summed E-state index contributed by atoms with van der Waals surface area (Å²) in [5.41, 5.74) is 0.398. The third-order valence-corrected chi connectivity index (χ3v) is 3.45. The highest BCUT2D eigenvalue weighted by Gasteiger charge is 2.13. The molecule has 1 amide bonds. The van der Waals surface area contributed by atoms with Crippen molar-refractivity contribution in [1.29, 1.82) is 0 Å². The highest BCUT2D eigenvalue weighted by molar-refractivity contribution is 9.10. The first-order chi connectivity index (χ1) is 10.1. The van der Waals surface area contributed by atoms with Crippen LogP contribution < -0.4 is 4.74 Å². The Morgan fingerprint density at radius 1 is 1.33 bits per heavy atom. The maximum Gasteiger partial charge on any atom is 0.272 e. The molecular formula is C15H14BrClN2O2. The summed E-state index contributed by atoms with van der Waals surface area (Å²) < 4.78 is 6.20. The first-order valence-corrected chi connectivity index (χ1v) is 7.50.